The van der Waals surface area contributed by atoms with E-state index in [9.17, 15) is 0 Å². The second-order valence-electron chi connectivity index (χ2n) is 2.81. The molecule has 1 rings (SSSR count). The molecule has 71 valence electrons. The molecule has 0 atom stereocenters. The minimum absolute atomic E-state index is 0. The molecule has 0 aliphatic heterocycles. The Bertz CT molecular complexity index is 187. The van der Waals surface area contributed by atoms with Gasteiger partial charge in [-0.1, -0.05) is 25.5 Å². The zero-order valence-corrected chi connectivity index (χ0v) is 10.0. The standard InChI is InChI=1S/C7H9N2.C3H7.V/c1-6(2)7-4-3-5-8-9-7;1-3-2;/h4-6H,1-2H3;3H,1-2H3;/q2*-1;+2. The third kappa shape index (κ3) is 8.01. The van der Waals surface area contributed by atoms with E-state index in [1.165, 1.54) is 0 Å². The Labute approximate surface area is 93.0 Å². The molecule has 0 spiro atoms. The van der Waals surface area contributed by atoms with Crippen molar-refractivity contribution in [3.05, 3.63) is 30.4 Å². The summed E-state index contributed by atoms with van der Waals surface area (Å²) in [6, 6.07) is 4.73. The van der Waals surface area contributed by atoms with Crippen molar-refractivity contribution in [2.24, 2.45) is 0 Å². The fourth-order valence-electron chi connectivity index (χ4n) is 0.563. The van der Waals surface area contributed by atoms with Crippen molar-refractivity contribution >= 4 is 0 Å². The van der Waals surface area contributed by atoms with Crippen LogP contribution in [0.3, 0.4) is 0 Å². The molecule has 0 fully saturated rings. The average molecular weight is 215 g/mol. The SMILES string of the molecule is CC(C)c1c[c-]cnn1.C[CH-]C.[V+2]. The van der Waals surface area contributed by atoms with Crippen molar-refractivity contribution in [2.75, 3.05) is 0 Å². The predicted molar refractivity (Wildman–Crippen MR) is 50.6 cm³/mol. The molecule has 1 aromatic heterocycles. The van der Waals surface area contributed by atoms with Crippen LogP contribution in [0, 0.1) is 12.5 Å². The van der Waals surface area contributed by atoms with E-state index in [1.54, 1.807) is 6.20 Å². The van der Waals surface area contributed by atoms with Crippen LogP contribution in [0.1, 0.15) is 39.3 Å². The second-order valence-corrected chi connectivity index (χ2v) is 2.81. The molecule has 0 aliphatic rings. The fraction of sp³-hybridized carbons (Fsp3) is 0.500. The Morgan fingerprint density at radius 1 is 1.38 bits per heavy atom. The van der Waals surface area contributed by atoms with E-state index >= 15 is 0 Å². The van der Waals surface area contributed by atoms with Crippen LogP contribution in [-0.4, -0.2) is 10.2 Å². The summed E-state index contributed by atoms with van der Waals surface area (Å²) in [6.07, 6.45) is 3.56. The molecule has 0 aliphatic carbocycles. The van der Waals surface area contributed by atoms with Crippen molar-refractivity contribution in [3.63, 3.8) is 0 Å². The van der Waals surface area contributed by atoms with E-state index in [2.05, 4.69) is 30.1 Å². The van der Waals surface area contributed by atoms with E-state index in [4.69, 9.17) is 0 Å². The molecule has 1 radical (unpaired) electrons. The van der Waals surface area contributed by atoms with Crippen LogP contribution in [0.5, 0.6) is 0 Å². The van der Waals surface area contributed by atoms with Gasteiger partial charge in [0.05, 0.1) is 0 Å². The summed E-state index contributed by atoms with van der Waals surface area (Å²) in [5, 5.41) is 7.60. The average Bonchev–Trinajstić information content (AvgIpc) is 2.07. The minimum atomic E-state index is 0. The Balaban J connectivity index is 0. The van der Waals surface area contributed by atoms with Crippen LogP contribution in [0.15, 0.2) is 12.3 Å². The number of hydrogen-bond acceptors (Lipinski definition) is 2. The van der Waals surface area contributed by atoms with E-state index < -0.39 is 0 Å². The third-order valence-electron chi connectivity index (χ3n) is 1.13. The molecule has 0 saturated heterocycles. The molecule has 3 heteroatoms. The van der Waals surface area contributed by atoms with Gasteiger partial charge in [-0.15, -0.1) is 0 Å². The predicted octanol–water partition coefficient (Wildman–Crippen LogP) is 2.63. The Morgan fingerprint density at radius 3 is 2.15 bits per heavy atom. The molecule has 0 unspecified atom stereocenters. The van der Waals surface area contributed by atoms with Crippen molar-refractivity contribution < 1.29 is 18.6 Å². The summed E-state index contributed by atoms with van der Waals surface area (Å²) < 4.78 is 0. The van der Waals surface area contributed by atoms with Crippen LogP contribution in [-0.2, 0) is 18.6 Å². The molecule has 0 aromatic carbocycles. The topological polar surface area (TPSA) is 25.8 Å². The summed E-state index contributed by atoms with van der Waals surface area (Å²) >= 11 is 0. The Morgan fingerprint density at radius 2 is 1.92 bits per heavy atom. The summed E-state index contributed by atoms with van der Waals surface area (Å²) in [5.41, 5.74) is 0.998. The van der Waals surface area contributed by atoms with Crippen LogP contribution >= 0.6 is 0 Å². The van der Waals surface area contributed by atoms with Gasteiger partial charge >= 0.3 is 18.6 Å². The Hall–Kier alpha value is -0.336. The maximum Gasteiger partial charge on any atom is 2.00 e. The van der Waals surface area contributed by atoms with Gasteiger partial charge in [-0.25, -0.2) is 12.1 Å². The number of aromatic nitrogens is 2. The van der Waals surface area contributed by atoms with Gasteiger partial charge in [-0.05, 0) is 6.20 Å². The van der Waals surface area contributed by atoms with E-state index in [0.29, 0.717) is 5.92 Å². The van der Waals surface area contributed by atoms with Gasteiger partial charge in [0.1, 0.15) is 0 Å². The zero-order valence-electron chi connectivity index (χ0n) is 8.65. The van der Waals surface area contributed by atoms with Gasteiger partial charge < -0.3 is 6.42 Å². The molecular weight excluding hydrogens is 199 g/mol. The smallest absolute Gasteiger partial charge is 0.335 e. The molecule has 0 N–H and O–H groups in total. The van der Waals surface area contributed by atoms with Crippen molar-refractivity contribution in [3.8, 4) is 0 Å². The van der Waals surface area contributed by atoms with Gasteiger partial charge in [-0.3, -0.25) is 5.10 Å². The normalized spacial score (nSPS) is 8.38. The fourth-order valence-corrected chi connectivity index (χ4v) is 0.563. The van der Waals surface area contributed by atoms with Crippen molar-refractivity contribution in [2.45, 2.75) is 33.6 Å². The quantitative estimate of drug-likeness (QED) is 0.673. The first-order valence-corrected chi connectivity index (χ1v) is 4.15. The molecule has 1 heterocycles. The number of hydrogen-bond donors (Lipinski definition) is 0. The van der Waals surface area contributed by atoms with Crippen LogP contribution < -0.4 is 0 Å². The largest absolute Gasteiger partial charge is 2.00 e. The summed E-state index contributed by atoms with van der Waals surface area (Å²) in [7, 11) is 0. The van der Waals surface area contributed by atoms with Crippen LogP contribution in [0.25, 0.3) is 0 Å². The van der Waals surface area contributed by atoms with Crippen molar-refractivity contribution in [1.29, 1.82) is 0 Å². The van der Waals surface area contributed by atoms with E-state index in [1.807, 2.05) is 26.3 Å². The maximum absolute atomic E-state index is 3.90. The summed E-state index contributed by atoms with van der Waals surface area (Å²) in [5.74, 6) is 0.454. The minimum Gasteiger partial charge on any atom is -0.335 e. The van der Waals surface area contributed by atoms with E-state index in [-0.39, 0.29) is 18.6 Å². The Kier molecular flexibility index (Phi) is 11.4. The molecular formula is C10H16N2V. The first kappa shape index (κ1) is 15.2. The summed E-state index contributed by atoms with van der Waals surface area (Å²) in [6.45, 7) is 8.16. The summed E-state index contributed by atoms with van der Waals surface area (Å²) in [4.78, 5) is 0. The van der Waals surface area contributed by atoms with Crippen LogP contribution in [0.4, 0.5) is 0 Å². The first-order valence-electron chi connectivity index (χ1n) is 4.15. The molecule has 0 saturated carbocycles. The van der Waals surface area contributed by atoms with Gasteiger partial charge in [-0.2, -0.15) is 18.9 Å². The van der Waals surface area contributed by atoms with Gasteiger partial charge in [0, 0.05) is 0 Å². The third-order valence-corrected chi connectivity index (χ3v) is 1.13. The van der Waals surface area contributed by atoms with Gasteiger partial charge in [0.2, 0.25) is 0 Å². The van der Waals surface area contributed by atoms with Gasteiger partial charge in [0.25, 0.3) is 0 Å². The number of rotatable bonds is 1. The van der Waals surface area contributed by atoms with E-state index in [0.717, 1.165) is 5.69 Å². The molecule has 0 amide bonds. The van der Waals surface area contributed by atoms with Crippen molar-refractivity contribution in [1.82, 2.24) is 10.2 Å². The molecule has 0 bridgehead atoms. The maximum atomic E-state index is 3.90. The second kappa shape index (κ2) is 9.75. The number of nitrogens with zero attached hydrogens (tertiary/aromatic N) is 2. The molecule has 13 heavy (non-hydrogen) atoms. The molecule has 1 aromatic rings. The first-order chi connectivity index (χ1) is 5.72. The van der Waals surface area contributed by atoms with Gasteiger partial charge in [0.15, 0.2) is 0 Å². The molecule has 2 nitrogen and oxygen atoms in total. The van der Waals surface area contributed by atoms with Crippen LogP contribution in [0.2, 0.25) is 0 Å². The monoisotopic (exact) mass is 215 g/mol. The zero-order chi connectivity index (χ0) is 9.40.